The molecule has 1 amide bonds. The molecule has 0 atom stereocenters. The number of carbonyl (C=O) groups is 1. The minimum Gasteiger partial charge on any atom is -0.493 e. The van der Waals surface area contributed by atoms with Gasteiger partial charge in [0.25, 0.3) is 0 Å². The maximum atomic E-state index is 12.7. The van der Waals surface area contributed by atoms with Gasteiger partial charge in [-0.25, -0.2) is 0 Å². The predicted molar refractivity (Wildman–Crippen MR) is 117 cm³/mol. The number of hydrogen-bond donors (Lipinski definition) is 0. The molecule has 1 fully saturated rings. The Morgan fingerprint density at radius 3 is 2.62 bits per heavy atom. The highest BCUT2D eigenvalue weighted by Gasteiger charge is 2.22. The van der Waals surface area contributed by atoms with Crippen LogP contribution in [-0.4, -0.2) is 69.0 Å². The molecule has 2 aromatic carbocycles. The molecule has 32 heavy (non-hydrogen) atoms. The Kier molecular flexibility index (Phi) is 5.77. The molecule has 0 aromatic heterocycles. The van der Waals surface area contributed by atoms with Crippen molar-refractivity contribution in [1.82, 2.24) is 9.80 Å². The molecule has 0 spiro atoms. The van der Waals surface area contributed by atoms with Crippen molar-refractivity contribution < 1.29 is 28.5 Å². The summed E-state index contributed by atoms with van der Waals surface area (Å²) < 4.78 is 27.5. The first-order valence-electron chi connectivity index (χ1n) is 10.7. The minimum absolute atomic E-state index is 0.00147. The molecule has 0 bridgehead atoms. The molecule has 3 aliphatic rings. The number of piperazine rings is 1. The van der Waals surface area contributed by atoms with Gasteiger partial charge >= 0.3 is 0 Å². The summed E-state index contributed by atoms with van der Waals surface area (Å²) in [5.74, 6) is 3.46. The van der Waals surface area contributed by atoms with Crippen LogP contribution in [0.1, 0.15) is 11.1 Å². The van der Waals surface area contributed by atoms with Crippen LogP contribution < -0.4 is 23.7 Å². The highest BCUT2D eigenvalue weighted by atomic mass is 16.7. The molecule has 0 aliphatic carbocycles. The zero-order valence-corrected chi connectivity index (χ0v) is 18.0. The largest absolute Gasteiger partial charge is 0.493 e. The first-order valence-corrected chi connectivity index (χ1v) is 10.7. The second kappa shape index (κ2) is 9.00. The Morgan fingerprint density at radius 2 is 1.78 bits per heavy atom. The van der Waals surface area contributed by atoms with Crippen LogP contribution in [-0.2, 0) is 11.3 Å². The number of nitrogens with zero attached hydrogens (tertiary/aromatic N) is 2. The number of benzene rings is 2. The fourth-order valence-electron chi connectivity index (χ4n) is 4.09. The van der Waals surface area contributed by atoms with Gasteiger partial charge in [-0.2, -0.15) is 0 Å². The monoisotopic (exact) mass is 438 g/mol. The molecule has 8 nitrogen and oxygen atoms in total. The maximum absolute atomic E-state index is 12.7. The van der Waals surface area contributed by atoms with Crippen molar-refractivity contribution in [2.75, 3.05) is 53.3 Å². The number of amides is 1. The Morgan fingerprint density at radius 1 is 0.969 bits per heavy atom. The number of carbonyl (C=O) groups excluding carboxylic acids is 1. The molecule has 2 aromatic rings. The molecule has 168 valence electrons. The Hall–Kier alpha value is -3.39. The molecule has 8 heteroatoms. The fraction of sp³-hybridized carbons (Fsp3) is 0.375. The van der Waals surface area contributed by atoms with Crippen molar-refractivity contribution in [3.8, 4) is 28.7 Å². The highest BCUT2D eigenvalue weighted by molar-refractivity contribution is 5.92. The lowest BCUT2D eigenvalue weighted by Gasteiger charge is -2.34. The lowest BCUT2D eigenvalue weighted by atomic mass is 10.1. The Balaban J connectivity index is 1.17. The summed E-state index contributed by atoms with van der Waals surface area (Å²) in [6.07, 6.45) is 3.40. The third-order valence-electron chi connectivity index (χ3n) is 5.80. The quantitative estimate of drug-likeness (QED) is 0.665. The molecule has 0 saturated carbocycles. The van der Waals surface area contributed by atoms with Gasteiger partial charge in [-0.05, 0) is 41.5 Å². The summed E-state index contributed by atoms with van der Waals surface area (Å²) in [7, 11) is 1.59. The minimum atomic E-state index is 0.00147. The molecule has 0 unspecified atom stereocenters. The lowest BCUT2D eigenvalue weighted by Crippen LogP contribution is -2.47. The van der Waals surface area contributed by atoms with E-state index in [2.05, 4.69) is 11.0 Å². The SMILES string of the molecule is COc1cc(/C=C/C(=O)N2CCN(Cc3ccc4c(c3)OCO4)CC2)cc2c1OCCO2. The molecule has 1 saturated heterocycles. The van der Waals surface area contributed by atoms with Crippen molar-refractivity contribution in [2.45, 2.75) is 6.54 Å². The fourth-order valence-corrected chi connectivity index (χ4v) is 4.09. The zero-order valence-electron chi connectivity index (χ0n) is 18.0. The van der Waals surface area contributed by atoms with Crippen molar-refractivity contribution in [3.63, 3.8) is 0 Å². The van der Waals surface area contributed by atoms with Gasteiger partial charge in [0.15, 0.2) is 23.0 Å². The van der Waals surface area contributed by atoms with Crippen LogP contribution in [0.2, 0.25) is 0 Å². The van der Waals surface area contributed by atoms with Gasteiger partial charge in [0.05, 0.1) is 7.11 Å². The summed E-state index contributed by atoms with van der Waals surface area (Å²) in [6, 6.07) is 9.76. The summed E-state index contributed by atoms with van der Waals surface area (Å²) in [4.78, 5) is 16.9. The van der Waals surface area contributed by atoms with Crippen LogP contribution in [0.5, 0.6) is 28.7 Å². The van der Waals surface area contributed by atoms with Gasteiger partial charge < -0.3 is 28.6 Å². The maximum Gasteiger partial charge on any atom is 0.246 e. The predicted octanol–water partition coefficient (Wildman–Crippen LogP) is 2.55. The van der Waals surface area contributed by atoms with E-state index in [0.717, 1.165) is 36.7 Å². The first-order chi connectivity index (χ1) is 15.7. The van der Waals surface area contributed by atoms with E-state index in [1.165, 1.54) is 5.56 Å². The molecule has 0 radical (unpaired) electrons. The van der Waals surface area contributed by atoms with E-state index < -0.39 is 0 Å². The van der Waals surface area contributed by atoms with E-state index in [4.69, 9.17) is 23.7 Å². The summed E-state index contributed by atoms with van der Waals surface area (Å²) >= 11 is 0. The standard InChI is InChI=1S/C24H26N2O6/c1-28-21-12-17(13-22-24(21)30-11-10-29-22)3-5-23(27)26-8-6-25(7-9-26)15-18-2-4-19-20(14-18)32-16-31-19/h2-5,12-14H,6-11,15-16H2,1H3/b5-3+. The summed E-state index contributed by atoms with van der Waals surface area (Å²) in [5.41, 5.74) is 2.02. The highest BCUT2D eigenvalue weighted by Crippen LogP contribution is 2.40. The van der Waals surface area contributed by atoms with Gasteiger partial charge in [-0.15, -0.1) is 0 Å². The Bertz CT molecular complexity index is 1010. The molecule has 5 rings (SSSR count). The second-order valence-corrected chi connectivity index (χ2v) is 7.87. The van der Waals surface area contributed by atoms with Crippen molar-refractivity contribution in [3.05, 3.63) is 47.5 Å². The van der Waals surface area contributed by atoms with Crippen LogP contribution in [0.15, 0.2) is 36.4 Å². The average molecular weight is 438 g/mol. The number of rotatable bonds is 5. The normalized spacial score (nSPS) is 17.6. The third-order valence-corrected chi connectivity index (χ3v) is 5.80. The van der Waals surface area contributed by atoms with Gasteiger partial charge in [-0.1, -0.05) is 6.07 Å². The third kappa shape index (κ3) is 4.31. The number of hydrogen-bond acceptors (Lipinski definition) is 7. The van der Waals surface area contributed by atoms with Crippen LogP contribution in [0.3, 0.4) is 0 Å². The Labute approximate surface area is 186 Å². The molecule has 0 N–H and O–H groups in total. The molecular weight excluding hydrogens is 412 g/mol. The molecule has 3 heterocycles. The van der Waals surface area contributed by atoms with E-state index >= 15 is 0 Å². The molecular formula is C24H26N2O6. The summed E-state index contributed by atoms with van der Waals surface area (Å²) in [6.45, 7) is 5.14. The number of ether oxygens (including phenoxy) is 5. The van der Waals surface area contributed by atoms with Gasteiger partial charge in [0.1, 0.15) is 13.2 Å². The van der Waals surface area contributed by atoms with Crippen LogP contribution >= 0.6 is 0 Å². The van der Waals surface area contributed by atoms with Gasteiger partial charge in [-0.3, -0.25) is 9.69 Å². The second-order valence-electron chi connectivity index (χ2n) is 7.87. The van der Waals surface area contributed by atoms with Gasteiger partial charge in [0, 0.05) is 38.8 Å². The van der Waals surface area contributed by atoms with Crippen LogP contribution in [0.25, 0.3) is 6.08 Å². The van der Waals surface area contributed by atoms with Crippen LogP contribution in [0, 0.1) is 0 Å². The zero-order chi connectivity index (χ0) is 21.9. The first kappa shape index (κ1) is 20.5. The lowest BCUT2D eigenvalue weighted by molar-refractivity contribution is -0.127. The number of methoxy groups -OCH3 is 1. The smallest absolute Gasteiger partial charge is 0.246 e. The van der Waals surface area contributed by atoms with Crippen molar-refractivity contribution in [1.29, 1.82) is 0 Å². The summed E-state index contributed by atoms with van der Waals surface area (Å²) in [5, 5.41) is 0. The van der Waals surface area contributed by atoms with E-state index in [-0.39, 0.29) is 12.7 Å². The average Bonchev–Trinajstić information content (AvgIpc) is 3.30. The van der Waals surface area contributed by atoms with E-state index in [1.807, 2.05) is 29.2 Å². The number of fused-ring (bicyclic) bond motifs is 2. The van der Waals surface area contributed by atoms with Gasteiger partial charge in [0.2, 0.25) is 18.4 Å². The van der Waals surface area contributed by atoms with E-state index in [0.29, 0.717) is 43.6 Å². The van der Waals surface area contributed by atoms with E-state index in [9.17, 15) is 4.79 Å². The molecule has 3 aliphatic heterocycles. The van der Waals surface area contributed by atoms with Crippen molar-refractivity contribution >= 4 is 12.0 Å². The van der Waals surface area contributed by atoms with E-state index in [1.54, 1.807) is 19.3 Å². The van der Waals surface area contributed by atoms with Crippen molar-refractivity contribution in [2.24, 2.45) is 0 Å². The van der Waals surface area contributed by atoms with Crippen LogP contribution in [0.4, 0.5) is 0 Å². The topological polar surface area (TPSA) is 69.7 Å².